The first kappa shape index (κ1) is 26.4. The zero-order valence-corrected chi connectivity index (χ0v) is 21.2. The van der Waals surface area contributed by atoms with Gasteiger partial charge in [-0.25, -0.2) is 28.3 Å². The number of ether oxygens (including phenoxy) is 1. The summed E-state index contributed by atoms with van der Waals surface area (Å²) in [6, 6.07) is 10.9. The van der Waals surface area contributed by atoms with Gasteiger partial charge in [0.1, 0.15) is 17.9 Å². The molecule has 2 heterocycles. The van der Waals surface area contributed by atoms with Crippen molar-refractivity contribution in [3.05, 3.63) is 71.7 Å². The number of sulfonamides is 1. The van der Waals surface area contributed by atoms with Crippen LogP contribution in [-0.2, 0) is 16.4 Å². The van der Waals surface area contributed by atoms with E-state index in [9.17, 15) is 26.4 Å². The highest BCUT2D eigenvalue weighted by Gasteiger charge is 2.31. The van der Waals surface area contributed by atoms with E-state index in [2.05, 4.69) is 24.9 Å². The van der Waals surface area contributed by atoms with Crippen molar-refractivity contribution >= 4 is 39.2 Å². The molecule has 1 aromatic heterocycles. The number of benzene rings is 2. The number of nitrogens with one attached hydrogen (secondary N) is 1. The lowest BCUT2D eigenvalue weighted by Gasteiger charge is -2.35. The summed E-state index contributed by atoms with van der Waals surface area (Å²) < 4.78 is 63.9. The Kier molecular flexibility index (Phi) is 6.91. The van der Waals surface area contributed by atoms with Crippen molar-refractivity contribution in [1.29, 1.82) is 0 Å². The number of rotatable bonds is 5. The number of nitrogens with two attached hydrogens (primary N) is 1. The normalized spacial score (nSPS) is 15.5. The Hall–Kier alpha value is -4.17. The summed E-state index contributed by atoms with van der Waals surface area (Å²) in [4.78, 5) is 25.3. The summed E-state index contributed by atoms with van der Waals surface area (Å²) in [5.41, 5.74) is 3.90. The topological polar surface area (TPSA) is 131 Å². The molecule has 2 aliphatic rings. The van der Waals surface area contributed by atoms with Gasteiger partial charge in [0.05, 0.1) is 10.6 Å². The highest BCUT2D eigenvalue weighted by atomic mass is 32.2. The average molecular weight is 561 g/mol. The van der Waals surface area contributed by atoms with Gasteiger partial charge in [-0.2, -0.15) is 0 Å². The number of alkyl halides is 3. The molecule has 0 bridgehead atoms. The summed E-state index contributed by atoms with van der Waals surface area (Å²) in [6.45, 7) is 1.85. The van der Waals surface area contributed by atoms with Gasteiger partial charge in [-0.05, 0) is 53.6 Å². The zero-order valence-electron chi connectivity index (χ0n) is 20.4. The predicted molar refractivity (Wildman–Crippen MR) is 137 cm³/mol. The smallest absolute Gasteiger partial charge is 0.406 e. The van der Waals surface area contributed by atoms with Crippen LogP contribution >= 0.6 is 0 Å². The Bertz CT molecular complexity index is 1520. The van der Waals surface area contributed by atoms with Gasteiger partial charge in [0.25, 0.3) is 0 Å². The summed E-state index contributed by atoms with van der Waals surface area (Å²) in [5, 5.41) is 7.88. The van der Waals surface area contributed by atoms with E-state index in [1.807, 2.05) is 6.08 Å². The maximum Gasteiger partial charge on any atom is 0.573 e. The SMILES string of the molecule is NS(=O)(=O)c1ccc(C2=Cc3c(ncnc3N3CCN(C(=O)Nc4ccc(OC(F)(F)F)cc4)CC3)C2)cc1. The van der Waals surface area contributed by atoms with Crippen LogP contribution in [0, 0.1) is 0 Å². The first-order valence-electron chi connectivity index (χ1n) is 11.8. The molecule has 0 atom stereocenters. The molecule has 3 aromatic rings. The van der Waals surface area contributed by atoms with Crippen molar-refractivity contribution in [3.63, 3.8) is 0 Å². The van der Waals surface area contributed by atoms with Crippen molar-refractivity contribution in [2.45, 2.75) is 17.7 Å². The van der Waals surface area contributed by atoms with E-state index < -0.39 is 16.4 Å². The molecule has 0 unspecified atom stereocenters. The van der Waals surface area contributed by atoms with Gasteiger partial charge in [-0.1, -0.05) is 12.1 Å². The number of amides is 2. The fourth-order valence-corrected chi connectivity index (χ4v) is 4.99. The number of aromatic nitrogens is 2. The van der Waals surface area contributed by atoms with Gasteiger partial charge in [-0.15, -0.1) is 13.2 Å². The van der Waals surface area contributed by atoms with Crippen LogP contribution in [0.2, 0.25) is 0 Å². The van der Waals surface area contributed by atoms with E-state index in [-0.39, 0.29) is 16.7 Å². The molecular formula is C25H23F3N6O4S. The molecule has 14 heteroatoms. The third-order valence-corrected chi connectivity index (χ3v) is 7.31. The second-order valence-corrected chi connectivity index (χ2v) is 10.5. The summed E-state index contributed by atoms with van der Waals surface area (Å²) in [6.07, 6.45) is -0.732. The van der Waals surface area contributed by atoms with Crippen LogP contribution in [0.5, 0.6) is 5.75 Å². The maximum absolute atomic E-state index is 12.7. The number of carbonyl (C=O) groups is 1. The van der Waals surface area contributed by atoms with Crippen molar-refractivity contribution in [2.24, 2.45) is 5.14 Å². The molecular weight excluding hydrogens is 537 g/mol. The highest BCUT2D eigenvalue weighted by Crippen LogP contribution is 2.35. The van der Waals surface area contributed by atoms with Crippen LogP contribution in [0.15, 0.2) is 59.8 Å². The van der Waals surface area contributed by atoms with Crippen LogP contribution in [0.4, 0.5) is 29.5 Å². The van der Waals surface area contributed by atoms with Gasteiger partial charge < -0.3 is 19.9 Å². The van der Waals surface area contributed by atoms with Crippen molar-refractivity contribution < 1.29 is 31.1 Å². The van der Waals surface area contributed by atoms with E-state index in [0.717, 1.165) is 40.3 Å². The summed E-state index contributed by atoms with van der Waals surface area (Å²) >= 11 is 0. The predicted octanol–water partition coefficient (Wildman–Crippen LogP) is 3.47. The standard InChI is InChI=1S/C25H23F3N6O4S/c26-25(27,28)38-19-5-3-18(4-6-19)32-24(35)34-11-9-33(10-12-34)23-21-13-17(14-22(21)30-15-31-23)16-1-7-20(8-2-16)39(29,36)37/h1-8,13,15H,9-12,14H2,(H,32,35)(H2,29,36,37). The Labute approximate surface area is 222 Å². The van der Waals surface area contributed by atoms with Gasteiger partial charge >= 0.3 is 12.4 Å². The number of anilines is 2. The summed E-state index contributed by atoms with van der Waals surface area (Å²) in [7, 11) is -3.78. The van der Waals surface area contributed by atoms with Crippen LogP contribution in [0.25, 0.3) is 11.6 Å². The molecule has 204 valence electrons. The van der Waals surface area contributed by atoms with Crippen molar-refractivity contribution in [2.75, 3.05) is 36.4 Å². The lowest BCUT2D eigenvalue weighted by molar-refractivity contribution is -0.274. The fourth-order valence-electron chi connectivity index (χ4n) is 4.48. The van der Waals surface area contributed by atoms with Crippen molar-refractivity contribution in [3.8, 4) is 5.75 Å². The Balaban J connectivity index is 1.22. The number of urea groups is 1. The second-order valence-electron chi connectivity index (χ2n) is 8.95. The van der Waals surface area contributed by atoms with Crippen molar-refractivity contribution in [1.82, 2.24) is 14.9 Å². The van der Waals surface area contributed by atoms with E-state index in [1.54, 1.807) is 17.0 Å². The molecule has 1 saturated heterocycles. The molecule has 1 aliphatic carbocycles. The lowest BCUT2D eigenvalue weighted by atomic mass is 10.1. The van der Waals surface area contributed by atoms with Crippen LogP contribution in [0.3, 0.4) is 0 Å². The number of piperazine rings is 1. The van der Waals surface area contributed by atoms with Gasteiger partial charge in [0, 0.05) is 43.9 Å². The Morgan fingerprint density at radius 2 is 1.64 bits per heavy atom. The van der Waals surface area contributed by atoms with Crippen LogP contribution in [0.1, 0.15) is 16.8 Å². The van der Waals surface area contributed by atoms with Crippen LogP contribution in [-0.4, -0.2) is 61.9 Å². The molecule has 3 N–H and O–H groups in total. The largest absolute Gasteiger partial charge is 0.573 e. The van der Waals surface area contributed by atoms with E-state index in [1.165, 1.54) is 30.6 Å². The molecule has 39 heavy (non-hydrogen) atoms. The summed E-state index contributed by atoms with van der Waals surface area (Å²) in [5.74, 6) is 0.376. The molecule has 5 rings (SSSR count). The second kappa shape index (κ2) is 10.2. The number of hydrogen-bond donors (Lipinski definition) is 2. The van der Waals surface area contributed by atoms with E-state index >= 15 is 0 Å². The quantitative estimate of drug-likeness (QED) is 0.489. The Morgan fingerprint density at radius 1 is 0.974 bits per heavy atom. The molecule has 1 aliphatic heterocycles. The molecule has 0 saturated carbocycles. The first-order chi connectivity index (χ1) is 18.5. The minimum atomic E-state index is -4.78. The molecule has 2 aromatic carbocycles. The molecule has 0 spiro atoms. The Morgan fingerprint density at radius 3 is 2.26 bits per heavy atom. The number of carbonyl (C=O) groups excluding carboxylic acids is 1. The van der Waals surface area contributed by atoms with E-state index in [4.69, 9.17) is 5.14 Å². The number of allylic oxidation sites excluding steroid dienone is 1. The van der Waals surface area contributed by atoms with Gasteiger partial charge in [0.2, 0.25) is 10.0 Å². The number of halogens is 3. The molecule has 0 radical (unpaired) electrons. The third kappa shape index (κ3) is 6.12. The minimum Gasteiger partial charge on any atom is -0.406 e. The molecule has 10 nitrogen and oxygen atoms in total. The number of hydrogen-bond acceptors (Lipinski definition) is 7. The number of primary sulfonamides is 1. The molecule has 1 fully saturated rings. The monoisotopic (exact) mass is 560 g/mol. The lowest BCUT2D eigenvalue weighted by Crippen LogP contribution is -2.50. The maximum atomic E-state index is 12.7. The van der Waals surface area contributed by atoms with E-state index in [0.29, 0.717) is 38.3 Å². The number of fused-ring (bicyclic) bond motifs is 1. The molecule has 2 amide bonds. The van der Waals surface area contributed by atoms with Gasteiger partial charge in [-0.3, -0.25) is 0 Å². The highest BCUT2D eigenvalue weighted by molar-refractivity contribution is 7.89. The van der Waals surface area contributed by atoms with Crippen LogP contribution < -0.4 is 20.1 Å². The minimum absolute atomic E-state index is 0.0391. The first-order valence-corrected chi connectivity index (χ1v) is 13.4. The van der Waals surface area contributed by atoms with Gasteiger partial charge in [0.15, 0.2) is 0 Å². The number of nitrogens with zero attached hydrogens (tertiary/aromatic N) is 4. The third-order valence-electron chi connectivity index (χ3n) is 6.38. The fraction of sp³-hybridized carbons (Fsp3) is 0.240. The average Bonchev–Trinajstić information content (AvgIpc) is 3.33. The zero-order chi connectivity index (χ0) is 27.8.